The van der Waals surface area contributed by atoms with Crippen molar-refractivity contribution in [1.29, 1.82) is 0 Å². The van der Waals surface area contributed by atoms with Crippen LogP contribution in [0.15, 0.2) is 36.7 Å². The predicted octanol–water partition coefficient (Wildman–Crippen LogP) is 2.84. The van der Waals surface area contributed by atoms with Crippen LogP contribution < -0.4 is 5.32 Å². The molecule has 4 rings (SSSR count). The average molecular weight is 442 g/mol. The molecular formula is C18H18ClF2N5O2S. The van der Waals surface area contributed by atoms with Gasteiger partial charge in [-0.15, -0.1) is 12.4 Å². The Balaban J connectivity index is 0.00000240. The summed E-state index contributed by atoms with van der Waals surface area (Å²) in [6, 6.07) is 5.96. The van der Waals surface area contributed by atoms with Crippen LogP contribution in [0.2, 0.25) is 0 Å². The van der Waals surface area contributed by atoms with Crippen LogP contribution >= 0.6 is 12.4 Å². The lowest BCUT2D eigenvalue weighted by Crippen LogP contribution is -2.31. The molecule has 1 atom stereocenters. The lowest BCUT2D eigenvalue weighted by atomic mass is 10.1. The zero-order valence-corrected chi connectivity index (χ0v) is 17.0. The molecule has 1 unspecified atom stereocenters. The number of sulfonamides is 1. The fourth-order valence-corrected chi connectivity index (χ4v) is 4.14. The van der Waals surface area contributed by atoms with Crippen molar-refractivity contribution in [2.45, 2.75) is 12.5 Å². The molecule has 3 heterocycles. The van der Waals surface area contributed by atoms with Crippen molar-refractivity contribution in [1.82, 2.24) is 19.3 Å². The molecule has 3 aromatic rings. The van der Waals surface area contributed by atoms with E-state index in [4.69, 9.17) is 0 Å². The number of benzene rings is 1. The Bertz CT molecular complexity index is 1160. The van der Waals surface area contributed by atoms with Gasteiger partial charge in [-0.1, -0.05) is 6.07 Å². The number of nitrogens with zero attached hydrogens (tertiary/aromatic N) is 4. The summed E-state index contributed by atoms with van der Waals surface area (Å²) >= 11 is 0. The van der Waals surface area contributed by atoms with E-state index in [-0.39, 0.29) is 47.7 Å². The lowest BCUT2D eigenvalue weighted by Gasteiger charge is -2.15. The van der Waals surface area contributed by atoms with Crippen LogP contribution in [0, 0.1) is 11.6 Å². The molecule has 1 fully saturated rings. The van der Waals surface area contributed by atoms with E-state index in [0.29, 0.717) is 18.4 Å². The van der Waals surface area contributed by atoms with Crippen molar-refractivity contribution in [3.8, 4) is 11.3 Å². The van der Waals surface area contributed by atoms with E-state index < -0.39 is 21.7 Å². The maximum Gasteiger partial charge on any atom is 0.223 e. The van der Waals surface area contributed by atoms with Gasteiger partial charge in [-0.25, -0.2) is 31.5 Å². The predicted molar refractivity (Wildman–Crippen MR) is 108 cm³/mol. The molecule has 2 aromatic heterocycles. The van der Waals surface area contributed by atoms with Crippen LogP contribution in [0.5, 0.6) is 0 Å². The maximum atomic E-state index is 14.3. The van der Waals surface area contributed by atoms with Gasteiger partial charge in [-0.3, -0.25) is 4.98 Å². The topological polar surface area (TPSA) is 88.1 Å². The summed E-state index contributed by atoms with van der Waals surface area (Å²) < 4.78 is 53.3. The molecular weight excluding hydrogens is 424 g/mol. The second-order valence-corrected chi connectivity index (χ2v) is 8.66. The molecule has 0 bridgehead atoms. The fraction of sp³-hybridized carbons (Fsp3) is 0.278. The van der Waals surface area contributed by atoms with Gasteiger partial charge in [-0.05, 0) is 24.6 Å². The highest BCUT2D eigenvalue weighted by Crippen LogP contribution is 2.27. The van der Waals surface area contributed by atoms with Gasteiger partial charge >= 0.3 is 0 Å². The fourth-order valence-electron chi connectivity index (χ4n) is 3.25. The molecule has 1 N–H and O–H groups in total. The Morgan fingerprint density at radius 3 is 2.72 bits per heavy atom. The summed E-state index contributed by atoms with van der Waals surface area (Å²) in [4.78, 5) is 12.1. The van der Waals surface area contributed by atoms with Crippen LogP contribution in [0.25, 0.3) is 22.2 Å². The van der Waals surface area contributed by atoms with Crippen LogP contribution in [-0.2, 0) is 10.0 Å². The first-order chi connectivity index (χ1) is 13.3. The van der Waals surface area contributed by atoms with E-state index >= 15 is 0 Å². The molecule has 11 heteroatoms. The average Bonchev–Trinajstić information content (AvgIpc) is 3.12. The van der Waals surface area contributed by atoms with Gasteiger partial charge in [0.2, 0.25) is 16.0 Å². The standard InChI is InChI=1S/C18H17F2N5O2S.ClH/c1-28(26,27)25-6-4-13(10-25)23-18-22-9-15(20)17(24-18)12-7-11-3-2-5-21-16(11)14(19)8-12;/h2-3,5,7-9,13H,4,6,10H2,1H3,(H,22,23,24);1H. The monoisotopic (exact) mass is 441 g/mol. The number of hydrogen-bond donors (Lipinski definition) is 1. The lowest BCUT2D eigenvalue weighted by molar-refractivity contribution is 0.480. The van der Waals surface area contributed by atoms with Gasteiger partial charge in [-0.2, -0.15) is 0 Å². The minimum atomic E-state index is -3.27. The number of aromatic nitrogens is 3. The largest absolute Gasteiger partial charge is 0.350 e. The Hall–Kier alpha value is -2.43. The molecule has 7 nitrogen and oxygen atoms in total. The minimum absolute atomic E-state index is 0. The smallest absolute Gasteiger partial charge is 0.223 e. The van der Waals surface area contributed by atoms with E-state index in [1.54, 1.807) is 18.2 Å². The molecule has 0 saturated carbocycles. The zero-order chi connectivity index (χ0) is 19.9. The third-order valence-corrected chi connectivity index (χ3v) is 5.90. The van der Waals surface area contributed by atoms with E-state index in [9.17, 15) is 17.2 Å². The number of pyridine rings is 1. The summed E-state index contributed by atoms with van der Waals surface area (Å²) in [5, 5.41) is 3.56. The second-order valence-electron chi connectivity index (χ2n) is 6.67. The van der Waals surface area contributed by atoms with Crippen molar-refractivity contribution < 1.29 is 17.2 Å². The molecule has 1 aliphatic heterocycles. The Morgan fingerprint density at radius 2 is 2.00 bits per heavy atom. The SMILES string of the molecule is CS(=O)(=O)N1CCC(Nc2ncc(F)c(-c3cc(F)c4ncccc4c3)n2)C1.Cl. The Labute approximate surface area is 172 Å². The van der Waals surface area contributed by atoms with Gasteiger partial charge in [0.1, 0.15) is 17.0 Å². The quantitative estimate of drug-likeness (QED) is 0.669. The Kier molecular flexibility index (Phi) is 5.97. The highest BCUT2D eigenvalue weighted by molar-refractivity contribution is 7.88. The van der Waals surface area contributed by atoms with Crippen molar-refractivity contribution in [2.24, 2.45) is 0 Å². The first-order valence-corrected chi connectivity index (χ1v) is 10.4. The number of anilines is 1. The van der Waals surface area contributed by atoms with Gasteiger partial charge < -0.3 is 5.32 Å². The molecule has 0 amide bonds. The van der Waals surface area contributed by atoms with E-state index in [1.165, 1.54) is 16.6 Å². The summed E-state index contributed by atoms with van der Waals surface area (Å²) in [7, 11) is -3.27. The van der Waals surface area contributed by atoms with Gasteiger partial charge in [0.25, 0.3) is 0 Å². The molecule has 29 heavy (non-hydrogen) atoms. The molecule has 1 aliphatic rings. The van der Waals surface area contributed by atoms with Crippen molar-refractivity contribution in [3.63, 3.8) is 0 Å². The number of fused-ring (bicyclic) bond motifs is 1. The number of nitrogens with one attached hydrogen (secondary N) is 1. The Morgan fingerprint density at radius 1 is 1.21 bits per heavy atom. The first-order valence-electron chi connectivity index (χ1n) is 8.60. The highest BCUT2D eigenvalue weighted by atomic mass is 35.5. The molecule has 0 aliphatic carbocycles. The number of hydrogen-bond acceptors (Lipinski definition) is 6. The molecule has 0 spiro atoms. The van der Waals surface area contributed by atoms with Gasteiger partial charge in [0.15, 0.2) is 5.82 Å². The third-order valence-electron chi connectivity index (χ3n) is 4.63. The first kappa shape index (κ1) is 21.3. The number of halogens is 3. The van der Waals surface area contributed by atoms with Crippen LogP contribution in [0.3, 0.4) is 0 Å². The third kappa shape index (κ3) is 4.44. The highest BCUT2D eigenvalue weighted by Gasteiger charge is 2.29. The zero-order valence-electron chi connectivity index (χ0n) is 15.3. The van der Waals surface area contributed by atoms with Crippen LogP contribution in [0.4, 0.5) is 14.7 Å². The van der Waals surface area contributed by atoms with E-state index in [0.717, 1.165) is 12.5 Å². The molecule has 154 valence electrons. The van der Waals surface area contributed by atoms with E-state index in [1.807, 2.05) is 0 Å². The van der Waals surface area contributed by atoms with Crippen molar-refractivity contribution in [3.05, 3.63) is 48.3 Å². The minimum Gasteiger partial charge on any atom is -0.350 e. The van der Waals surface area contributed by atoms with Gasteiger partial charge in [0.05, 0.1) is 12.5 Å². The summed E-state index contributed by atoms with van der Waals surface area (Å²) in [5.74, 6) is -1.10. The van der Waals surface area contributed by atoms with Crippen molar-refractivity contribution >= 4 is 39.3 Å². The second kappa shape index (κ2) is 8.13. The molecule has 1 aromatic carbocycles. The molecule has 0 radical (unpaired) electrons. The van der Waals surface area contributed by atoms with Crippen molar-refractivity contribution in [2.75, 3.05) is 24.7 Å². The molecule has 1 saturated heterocycles. The summed E-state index contributed by atoms with van der Waals surface area (Å²) in [5.41, 5.74) is 0.427. The van der Waals surface area contributed by atoms with Crippen LogP contribution in [0.1, 0.15) is 6.42 Å². The summed E-state index contributed by atoms with van der Waals surface area (Å²) in [6.45, 7) is 0.679. The van der Waals surface area contributed by atoms with E-state index in [2.05, 4.69) is 20.3 Å². The normalized spacial score (nSPS) is 17.3. The van der Waals surface area contributed by atoms with Gasteiger partial charge in [0, 0.05) is 36.3 Å². The number of rotatable bonds is 4. The summed E-state index contributed by atoms with van der Waals surface area (Å²) in [6.07, 6.45) is 4.24. The van der Waals surface area contributed by atoms with Crippen LogP contribution in [-0.4, -0.2) is 53.1 Å². The maximum absolute atomic E-state index is 14.3.